The molecule has 0 unspecified atom stereocenters. The molecule has 1 aliphatic heterocycles. The number of hydrogen-bond donors (Lipinski definition) is 2. The van der Waals surface area contributed by atoms with Crippen molar-refractivity contribution in [3.63, 3.8) is 0 Å². The fourth-order valence-electron chi connectivity index (χ4n) is 4.57. The maximum Gasteiger partial charge on any atom is 0.259 e. The SMILES string of the molecule is Cc1sc2nc(CCC(=O)N3CCC(C(=O)NCC(C)(C)CN(C)C)CC3)[nH]c(=O)c2c1C. The van der Waals surface area contributed by atoms with E-state index in [1.54, 1.807) is 0 Å². The second-order valence-corrected chi connectivity index (χ2v) is 11.5. The third kappa shape index (κ3) is 6.41. The zero-order valence-corrected chi connectivity index (χ0v) is 21.5. The number of nitrogens with one attached hydrogen (secondary N) is 2. The van der Waals surface area contributed by atoms with Crippen LogP contribution in [0.15, 0.2) is 4.79 Å². The number of aromatic nitrogens is 2. The zero-order chi connectivity index (χ0) is 24.3. The monoisotopic (exact) mass is 475 g/mol. The Labute approximate surface area is 199 Å². The molecule has 0 saturated carbocycles. The minimum absolute atomic E-state index is 0.00829. The number of hydrogen-bond acceptors (Lipinski definition) is 6. The van der Waals surface area contributed by atoms with Gasteiger partial charge in [0.2, 0.25) is 11.8 Å². The molecule has 0 bridgehead atoms. The molecule has 2 amide bonds. The number of aryl methyl sites for hydroxylation is 3. The fourth-order valence-corrected chi connectivity index (χ4v) is 5.62. The predicted octanol–water partition coefficient (Wildman–Crippen LogP) is 2.48. The van der Waals surface area contributed by atoms with Gasteiger partial charge in [-0.25, -0.2) is 4.98 Å². The highest BCUT2D eigenvalue weighted by molar-refractivity contribution is 7.18. The molecular formula is C24H37N5O3S. The summed E-state index contributed by atoms with van der Waals surface area (Å²) in [6, 6.07) is 0. The van der Waals surface area contributed by atoms with E-state index in [4.69, 9.17) is 0 Å². The Morgan fingerprint density at radius 3 is 2.55 bits per heavy atom. The van der Waals surface area contributed by atoms with Crippen molar-refractivity contribution in [2.45, 2.75) is 53.4 Å². The Morgan fingerprint density at radius 2 is 1.91 bits per heavy atom. The van der Waals surface area contributed by atoms with Gasteiger partial charge in [-0.05, 0) is 51.8 Å². The first kappa shape index (κ1) is 25.4. The van der Waals surface area contributed by atoms with Crippen LogP contribution in [0.25, 0.3) is 10.2 Å². The molecule has 2 aromatic heterocycles. The maximum atomic E-state index is 12.7. The van der Waals surface area contributed by atoms with Crippen molar-refractivity contribution >= 4 is 33.4 Å². The molecule has 9 heteroatoms. The second kappa shape index (κ2) is 10.3. The van der Waals surface area contributed by atoms with Gasteiger partial charge in [-0.1, -0.05) is 13.8 Å². The number of rotatable bonds is 8. The zero-order valence-electron chi connectivity index (χ0n) is 20.7. The van der Waals surface area contributed by atoms with Crippen LogP contribution in [0.1, 0.15) is 49.4 Å². The van der Waals surface area contributed by atoms with Gasteiger partial charge >= 0.3 is 0 Å². The average molecular weight is 476 g/mol. The van der Waals surface area contributed by atoms with Gasteiger partial charge in [0.15, 0.2) is 0 Å². The molecule has 8 nitrogen and oxygen atoms in total. The Kier molecular flexibility index (Phi) is 7.95. The first-order valence-electron chi connectivity index (χ1n) is 11.7. The molecule has 182 valence electrons. The van der Waals surface area contributed by atoms with Crippen LogP contribution in [0.2, 0.25) is 0 Å². The fraction of sp³-hybridized carbons (Fsp3) is 0.667. The highest BCUT2D eigenvalue weighted by Crippen LogP contribution is 2.26. The van der Waals surface area contributed by atoms with Gasteiger partial charge in [0.1, 0.15) is 10.7 Å². The lowest BCUT2D eigenvalue weighted by Gasteiger charge is -2.33. The molecule has 2 N–H and O–H groups in total. The van der Waals surface area contributed by atoms with Crippen molar-refractivity contribution in [3.8, 4) is 0 Å². The van der Waals surface area contributed by atoms with Crippen molar-refractivity contribution in [2.24, 2.45) is 11.3 Å². The van der Waals surface area contributed by atoms with Gasteiger partial charge in [-0.2, -0.15) is 0 Å². The quantitative estimate of drug-likeness (QED) is 0.611. The van der Waals surface area contributed by atoms with E-state index < -0.39 is 0 Å². The summed E-state index contributed by atoms with van der Waals surface area (Å²) in [5, 5.41) is 3.76. The Bertz CT molecular complexity index is 1060. The van der Waals surface area contributed by atoms with E-state index in [0.29, 0.717) is 56.5 Å². The molecule has 0 aromatic carbocycles. The van der Waals surface area contributed by atoms with E-state index in [0.717, 1.165) is 21.8 Å². The number of thiophene rings is 1. The van der Waals surface area contributed by atoms with Gasteiger partial charge in [0, 0.05) is 49.8 Å². The molecule has 0 radical (unpaired) electrons. The van der Waals surface area contributed by atoms with Gasteiger partial charge in [-0.3, -0.25) is 14.4 Å². The number of piperidine rings is 1. The van der Waals surface area contributed by atoms with E-state index in [1.165, 1.54) is 11.3 Å². The van der Waals surface area contributed by atoms with E-state index in [-0.39, 0.29) is 28.7 Å². The van der Waals surface area contributed by atoms with Gasteiger partial charge in [-0.15, -0.1) is 11.3 Å². The minimum Gasteiger partial charge on any atom is -0.355 e. The third-order valence-electron chi connectivity index (χ3n) is 6.37. The van der Waals surface area contributed by atoms with Crippen LogP contribution >= 0.6 is 11.3 Å². The summed E-state index contributed by atoms with van der Waals surface area (Å²) in [4.78, 5) is 50.9. The summed E-state index contributed by atoms with van der Waals surface area (Å²) < 4.78 is 0. The van der Waals surface area contributed by atoms with E-state index in [9.17, 15) is 14.4 Å². The highest BCUT2D eigenvalue weighted by Gasteiger charge is 2.28. The highest BCUT2D eigenvalue weighted by atomic mass is 32.1. The molecule has 1 aliphatic rings. The van der Waals surface area contributed by atoms with Crippen molar-refractivity contribution in [3.05, 3.63) is 26.6 Å². The summed E-state index contributed by atoms with van der Waals surface area (Å²) in [6.07, 6.45) is 2.07. The van der Waals surface area contributed by atoms with Crippen molar-refractivity contribution in [2.75, 3.05) is 40.3 Å². The number of carbonyl (C=O) groups excluding carboxylic acids is 2. The normalized spacial score (nSPS) is 15.4. The van der Waals surface area contributed by atoms with Crippen LogP contribution in [0.3, 0.4) is 0 Å². The molecule has 33 heavy (non-hydrogen) atoms. The maximum absolute atomic E-state index is 12.7. The van der Waals surface area contributed by atoms with E-state index in [1.807, 2.05) is 32.8 Å². The van der Waals surface area contributed by atoms with E-state index >= 15 is 0 Å². The lowest BCUT2D eigenvalue weighted by Crippen LogP contribution is -2.46. The van der Waals surface area contributed by atoms with Crippen LogP contribution < -0.4 is 10.9 Å². The topological polar surface area (TPSA) is 98.4 Å². The lowest BCUT2D eigenvalue weighted by atomic mass is 9.91. The molecule has 1 fully saturated rings. The summed E-state index contributed by atoms with van der Waals surface area (Å²) in [6.45, 7) is 10.9. The predicted molar refractivity (Wildman–Crippen MR) is 133 cm³/mol. The number of nitrogens with zero attached hydrogens (tertiary/aromatic N) is 3. The second-order valence-electron chi connectivity index (χ2n) is 10.3. The van der Waals surface area contributed by atoms with E-state index in [2.05, 4.69) is 34.0 Å². The van der Waals surface area contributed by atoms with Crippen molar-refractivity contribution in [1.82, 2.24) is 25.1 Å². The molecule has 0 atom stereocenters. The summed E-state index contributed by atoms with van der Waals surface area (Å²) in [7, 11) is 4.07. The number of H-pyrrole nitrogens is 1. The summed E-state index contributed by atoms with van der Waals surface area (Å²) in [5.74, 6) is 0.638. The Morgan fingerprint density at radius 1 is 1.24 bits per heavy atom. The molecular weight excluding hydrogens is 438 g/mol. The van der Waals surface area contributed by atoms with Crippen molar-refractivity contribution in [1.29, 1.82) is 0 Å². The summed E-state index contributed by atoms with van der Waals surface area (Å²) >= 11 is 1.51. The van der Waals surface area contributed by atoms with Crippen molar-refractivity contribution < 1.29 is 9.59 Å². The minimum atomic E-state index is -0.134. The van der Waals surface area contributed by atoms with Crippen LogP contribution in [0.4, 0.5) is 0 Å². The molecule has 3 rings (SSSR count). The van der Waals surface area contributed by atoms with Gasteiger partial charge in [0.05, 0.1) is 5.39 Å². The molecule has 2 aromatic rings. The molecule has 3 heterocycles. The van der Waals surface area contributed by atoms with Crippen LogP contribution in [-0.4, -0.2) is 71.9 Å². The first-order valence-corrected chi connectivity index (χ1v) is 12.5. The molecule has 1 saturated heterocycles. The molecule has 0 aliphatic carbocycles. The van der Waals surface area contributed by atoms with Crippen LogP contribution in [0.5, 0.6) is 0 Å². The largest absolute Gasteiger partial charge is 0.355 e. The van der Waals surface area contributed by atoms with Gasteiger partial charge in [0.25, 0.3) is 5.56 Å². The number of carbonyl (C=O) groups is 2. The number of amides is 2. The van der Waals surface area contributed by atoms with Crippen LogP contribution in [0, 0.1) is 25.2 Å². The lowest BCUT2D eigenvalue weighted by molar-refractivity contribution is -0.135. The smallest absolute Gasteiger partial charge is 0.259 e. The molecule has 0 spiro atoms. The number of likely N-dealkylation sites (tertiary alicyclic amines) is 1. The average Bonchev–Trinajstić information content (AvgIpc) is 3.03. The Balaban J connectivity index is 1.47. The third-order valence-corrected chi connectivity index (χ3v) is 7.47. The summed E-state index contributed by atoms with van der Waals surface area (Å²) in [5.41, 5.74) is 0.846. The number of fused-ring (bicyclic) bond motifs is 1. The van der Waals surface area contributed by atoms with Crippen LogP contribution in [-0.2, 0) is 16.0 Å². The number of aromatic amines is 1. The first-order chi connectivity index (χ1) is 15.5. The van der Waals surface area contributed by atoms with Gasteiger partial charge < -0.3 is 20.1 Å². The Hall–Kier alpha value is -2.26. The standard InChI is InChI=1S/C24H37N5O3S/c1-15-16(2)33-23-20(15)22(32)26-18(27-23)7-8-19(30)29-11-9-17(10-12-29)21(31)25-13-24(3,4)14-28(5)6/h17H,7-14H2,1-6H3,(H,25,31)(H,26,27,32).